The van der Waals surface area contributed by atoms with Crippen LogP contribution in [0.15, 0.2) is 36.7 Å². The van der Waals surface area contributed by atoms with Gasteiger partial charge in [0.05, 0.1) is 19.4 Å². The van der Waals surface area contributed by atoms with Gasteiger partial charge in [0.2, 0.25) is 0 Å². The number of nitrogens with zero attached hydrogens (tertiary/aromatic N) is 1. The van der Waals surface area contributed by atoms with Gasteiger partial charge in [-0.3, -0.25) is 9.78 Å². The Labute approximate surface area is 115 Å². The third-order valence-corrected chi connectivity index (χ3v) is 2.98. The van der Waals surface area contributed by atoms with E-state index in [0.717, 1.165) is 12.6 Å². The molecule has 2 aromatic rings. The number of halogens is 1. The largest absolute Gasteiger partial charge is 0.490 e. The number of hydrogen-bond donors (Lipinski definition) is 0. The number of hydrogen-bond acceptors (Lipinski definition) is 4. The lowest BCUT2D eigenvalue weighted by molar-refractivity contribution is 0.103. The molecule has 0 bridgehead atoms. The Bertz CT molecular complexity index is 657. The van der Waals surface area contributed by atoms with Crippen LogP contribution in [-0.4, -0.2) is 24.0 Å². The fraction of sp³-hybridized carbons (Fsp3) is 0.200. The molecule has 0 unspecified atom stereocenters. The molecular weight excluding hydrogens is 261 g/mol. The summed E-state index contributed by atoms with van der Waals surface area (Å²) in [5.74, 6) is 0.326. The second-order valence-corrected chi connectivity index (χ2v) is 4.43. The number of ketones is 1. The molecule has 5 heteroatoms. The third kappa shape index (κ3) is 2.47. The standard InChI is InChI=1S/C15H12FNO3/c16-12-6-11(8-17-9-12)15(18)10-2-3-13-14(7-10)20-5-1-4-19-13/h2-3,6-9H,1,4-5H2. The lowest BCUT2D eigenvalue weighted by atomic mass is 10.0. The minimum Gasteiger partial charge on any atom is -0.490 e. The number of carbonyl (C=O) groups excluding carboxylic acids is 1. The third-order valence-electron chi connectivity index (χ3n) is 2.98. The van der Waals surface area contributed by atoms with Crippen molar-refractivity contribution in [3.05, 3.63) is 53.6 Å². The average molecular weight is 273 g/mol. The van der Waals surface area contributed by atoms with Crippen LogP contribution in [0.3, 0.4) is 0 Å². The average Bonchev–Trinajstić information content (AvgIpc) is 2.71. The van der Waals surface area contributed by atoms with Gasteiger partial charge in [-0.15, -0.1) is 0 Å². The van der Waals surface area contributed by atoms with Gasteiger partial charge in [0.25, 0.3) is 0 Å². The Morgan fingerprint density at radius 3 is 2.65 bits per heavy atom. The molecule has 1 aromatic carbocycles. The van der Waals surface area contributed by atoms with E-state index in [-0.39, 0.29) is 11.3 Å². The minimum absolute atomic E-state index is 0.208. The number of rotatable bonds is 2. The van der Waals surface area contributed by atoms with Crippen molar-refractivity contribution < 1.29 is 18.7 Å². The van der Waals surface area contributed by atoms with E-state index in [1.54, 1.807) is 18.2 Å². The van der Waals surface area contributed by atoms with Crippen LogP contribution in [-0.2, 0) is 0 Å². The highest BCUT2D eigenvalue weighted by molar-refractivity contribution is 6.09. The van der Waals surface area contributed by atoms with Crippen molar-refractivity contribution in [2.24, 2.45) is 0 Å². The van der Waals surface area contributed by atoms with E-state index in [4.69, 9.17) is 9.47 Å². The summed E-state index contributed by atoms with van der Waals surface area (Å²) in [4.78, 5) is 15.9. The summed E-state index contributed by atoms with van der Waals surface area (Å²) in [6, 6.07) is 6.12. The first-order valence-corrected chi connectivity index (χ1v) is 6.29. The van der Waals surface area contributed by atoms with Gasteiger partial charge in [-0.05, 0) is 24.3 Å². The van der Waals surface area contributed by atoms with Gasteiger partial charge < -0.3 is 9.47 Å². The second-order valence-electron chi connectivity index (χ2n) is 4.43. The van der Waals surface area contributed by atoms with Crippen molar-refractivity contribution in [1.82, 2.24) is 4.98 Å². The summed E-state index contributed by atoms with van der Waals surface area (Å²) in [7, 11) is 0. The summed E-state index contributed by atoms with van der Waals surface area (Å²) in [6.07, 6.45) is 3.20. The fourth-order valence-corrected chi connectivity index (χ4v) is 2.01. The van der Waals surface area contributed by atoms with Gasteiger partial charge >= 0.3 is 0 Å². The first-order valence-electron chi connectivity index (χ1n) is 6.29. The highest BCUT2D eigenvalue weighted by atomic mass is 19.1. The Morgan fingerprint density at radius 2 is 1.85 bits per heavy atom. The van der Waals surface area contributed by atoms with Crippen LogP contribution < -0.4 is 9.47 Å². The summed E-state index contributed by atoms with van der Waals surface area (Å²) in [5, 5.41) is 0. The summed E-state index contributed by atoms with van der Waals surface area (Å²) >= 11 is 0. The van der Waals surface area contributed by atoms with Crippen LogP contribution in [0.2, 0.25) is 0 Å². The van der Waals surface area contributed by atoms with E-state index in [1.165, 1.54) is 12.3 Å². The SMILES string of the molecule is O=C(c1cncc(F)c1)c1ccc2c(c1)OCCCO2. The molecule has 1 aliphatic rings. The molecule has 0 N–H and O–H groups in total. The van der Waals surface area contributed by atoms with Crippen LogP contribution in [0.4, 0.5) is 4.39 Å². The van der Waals surface area contributed by atoms with E-state index in [2.05, 4.69) is 4.98 Å². The molecule has 4 nitrogen and oxygen atoms in total. The molecule has 0 aliphatic carbocycles. The molecule has 0 saturated heterocycles. The maximum Gasteiger partial charge on any atom is 0.194 e. The Morgan fingerprint density at radius 1 is 1.05 bits per heavy atom. The van der Waals surface area contributed by atoms with Crippen LogP contribution in [0.25, 0.3) is 0 Å². The number of fused-ring (bicyclic) bond motifs is 1. The maximum atomic E-state index is 13.1. The van der Waals surface area contributed by atoms with Crippen molar-refractivity contribution in [3.8, 4) is 11.5 Å². The van der Waals surface area contributed by atoms with Crippen molar-refractivity contribution in [1.29, 1.82) is 0 Å². The number of aromatic nitrogens is 1. The summed E-state index contributed by atoms with van der Waals surface area (Å²) in [6.45, 7) is 1.14. The molecule has 102 valence electrons. The van der Waals surface area contributed by atoms with Gasteiger partial charge in [0.1, 0.15) is 5.82 Å². The zero-order valence-electron chi connectivity index (χ0n) is 10.6. The van der Waals surface area contributed by atoms with Crippen molar-refractivity contribution in [3.63, 3.8) is 0 Å². The molecule has 0 fully saturated rings. The minimum atomic E-state index is -0.537. The Kier molecular flexibility index (Phi) is 3.33. The van der Waals surface area contributed by atoms with E-state index >= 15 is 0 Å². The Hall–Kier alpha value is -2.43. The molecule has 0 radical (unpaired) electrons. The zero-order chi connectivity index (χ0) is 13.9. The van der Waals surface area contributed by atoms with Crippen LogP contribution in [0.1, 0.15) is 22.3 Å². The van der Waals surface area contributed by atoms with Gasteiger partial charge in [-0.25, -0.2) is 4.39 Å². The molecule has 2 heterocycles. The molecule has 1 aliphatic heterocycles. The normalized spacial score (nSPS) is 13.7. The summed E-state index contributed by atoms with van der Waals surface area (Å²) < 4.78 is 24.1. The summed E-state index contributed by atoms with van der Waals surface area (Å²) in [5.41, 5.74) is 0.626. The van der Waals surface area contributed by atoms with Crippen LogP contribution in [0, 0.1) is 5.82 Å². The number of ether oxygens (including phenoxy) is 2. The topological polar surface area (TPSA) is 48.4 Å². The highest BCUT2D eigenvalue weighted by Crippen LogP contribution is 2.31. The van der Waals surface area contributed by atoms with Gasteiger partial charge in [-0.1, -0.05) is 0 Å². The molecule has 20 heavy (non-hydrogen) atoms. The highest BCUT2D eigenvalue weighted by Gasteiger charge is 2.16. The second kappa shape index (κ2) is 5.28. The first-order chi connectivity index (χ1) is 9.74. The lowest BCUT2D eigenvalue weighted by Gasteiger charge is -2.08. The zero-order valence-corrected chi connectivity index (χ0v) is 10.6. The van der Waals surface area contributed by atoms with Crippen molar-refractivity contribution in [2.45, 2.75) is 6.42 Å². The van der Waals surface area contributed by atoms with Crippen molar-refractivity contribution in [2.75, 3.05) is 13.2 Å². The molecule has 0 saturated carbocycles. The molecule has 1 aromatic heterocycles. The lowest BCUT2D eigenvalue weighted by Crippen LogP contribution is -2.03. The van der Waals surface area contributed by atoms with E-state index < -0.39 is 5.82 Å². The predicted octanol–water partition coefficient (Wildman–Crippen LogP) is 2.61. The van der Waals surface area contributed by atoms with Gasteiger partial charge in [0.15, 0.2) is 17.3 Å². The van der Waals surface area contributed by atoms with E-state index in [0.29, 0.717) is 30.3 Å². The van der Waals surface area contributed by atoms with Crippen molar-refractivity contribution >= 4 is 5.78 Å². The molecule has 0 atom stereocenters. The smallest absolute Gasteiger partial charge is 0.194 e. The van der Waals surface area contributed by atoms with E-state index in [1.807, 2.05) is 0 Å². The Balaban J connectivity index is 1.94. The molecular formula is C15H12FNO3. The first kappa shape index (κ1) is 12.6. The maximum absolute atomic E-state index is 13.1. The van der Waals surface area contributed by atoms with Crippen LogP contribution in [0.5, 0.6) is 11.5 Å². The molecule has 0 spiro atoms. The quantitative estimate of drug-likeness (QED) is 0.789. The number of pyridine rings is 1. The molecule has 0 amide bonds. The monoisotopic (exact) mass is 273 g/mol. The van der Waals surface area contributed by atoms with Gasteiger partial charge in [-0.2, -0.15) is 0 Å². The number of benzene rings is 1. The van der Waals surface area contributed by atoms with Gasteiger partial charge in [0, 0.05) is 23.7 Å². The molecule has 3 rings (SSSR count). The van der Waals surface area contributed by atoms with Crippen LogP contribution >= 0.6 is 0 Å². The predicted molar refractivity (Wildman–Crippen MR) is 69.7 cm³/mol. The fourth-order valence-electron chi connectivity index (χ4n) is 2.01. The number of carbonyl (C=O) groups is 1. The van der Waals surface area contributed by atoms with E-state index in [9.17, 15) is 9.18 Å².